The van der Waals surface area contributed by atoms with E-state index in [-0.39, 0.29) is 20.8 Å². The number of rotatable bonds is 14. The summed E-state index contributed by atoms with van der Waals surface area (Å²) in [5.41, 5.74) is 10.4. The first-order valence-corrected chi connectivity index (χ1v) is 26.8. The number of nitrogens with two attached hydrogens (primary N) is 1. The second kappa shape index (κ2) is 23.6. The van der Waals surface area contributed by atoms with Gasteiger partial charge in [-0.15, -0.1) is 0 Å². The number of methoxy groups -OCH3 is 1. The molecule has 6 aromatic rings. The minimum absolute atomic E-state index is 0.0686. The van der Waals surface area contributed by atoms with Crippen LogP contribution >= 0.6 is 34.8 Å². The smallest absolute Gasteiger partial charge is 0.229 e. The van der Waals surface area contributed by atoms with E-state index in [0.717, 1.165) is 94.9 Å². The Morgan fingerprint density at radius 2 is 1.54 bits per heavy atom. The van der Waals surface area contributed by atoms with Crippen molar-refractivity contribution >= 4 is 79.3 Å². The topological polar surface area (TPSA) is 181 Å². The van der Waals surface area contributed by atoms with Gasteiger partial charge < -0.3 is 41.0 Å². The van der Waals surface area contributed by atoms with Crippen molar-refractivity contribution in [2.45, 2.75) is 74.8 Å². The van der Waals surface area contributed by atoms with Crippen LogP contribution in [-0.2, 0) is 9.84 Å². The molecule has 0 bridgehead atoms. The third-order valence-electron chi connectivity index (χ3n) is 13.4. The highest BCUT2D eigenvalue weighted by atomic mass is 35.5. The summed E-state index contributed by atoms with van der Waals surface area (Å²) in [6.07, 6.45) is 10.7. The summed E-state index contributed by atoms with van der Waals surface area (Å²) in [5.74, 6) is 1.29. The fraction of sp³-hybridized carbons (Fsp3) is 0.412. The van der Waals surface area contributed by atoms with Crippen LogP contribution in [0, 0.1) is 5.82 Å². The summed E-state index contributed by atoms with van der Waals surface area (Å²) in [4.78, 5) is 20.8. The SMILES string of the molecule is COc1cc(N2CCC(N3CCN(C)CC3)CC2)ccc1Nc1ncc(Cl)c(Nc2ccccc2S(=O)(=O)C(C)C)n1.C[C@@H](Oc1cc(-c2cnn(C3CCNCC3)c2)cnc1N)c1c(Cl)ccc(F)c1Cl. The van der Waals surface area contributed by atoms with E-state index in [2.05, 4.69) is 63.8 Å². The first-order chi connectivity index (χ1) is 34.6. The molecule has 0 aliphatic carbocycles. The van der Waals surface area contributed by atoms with Crippen LogP contribution in [0.15, 0.2) is 90.3 Å². The molecule has 6 heterocycles. The number of likely N-dealkylation sites (N-methyl/N-ethyl adjacent to an activating group) is 1. The van der Waals surface area contributed by atoms with Crippen molar-refractivity contribution in [3.63, 3.8) is 0 Å². The molecule has 384 valence electrons. The molecule has 0 unspecified atom stereocenters. The highest BCUT2D eigenvalue weighted by Crippen LogP contribution is 2.38. The van der Waals surface area contributed by atoms with E-state index >= 15 is 0 Å². The predicted molar refractivity (Wildman–Crippen MR) is 286 cm³/mol. The van der Waals surface area contributed by atoms with Gasteiger partial charge in [-0.25, -0.2) is 22.8 Å². The molecule has 3 fully saturated rings. The molecule has 16 nitrogen and oxygen atoms in total. The number of hydrogen-bond donors (Lipinski definition) is 4. The quantitative estimate of drug-likeness (QED) is 0.0756. The maximum atomic E-state index is 13.9. The minimum atomic E-state index is -3.52. The number of pyridine rings is 1. The van der Waals surface area contributed by atoms with Crippen molar-refractivity contribution < 1.29 is 22.3 Å². The molecule has 3 saturated heterocycles. The number of hydrogen-bond acceptors (Lipinski definition) is 15. The zero-order valence-corrected chi connectivity index (χ0v) is 44.2. The number of ether oxygens (including phenoxy) is 2. The average molecular weight is 1060 g/mol. The number of benzene rings is 3. The van der Waals surface area contributed by atoms with Crippen LogP contribution < -0.4 is 36.1 Å². The van der Waals surface area contributed by atoms with Crippen LogP contribution in [0.25, 0.3) is 11.1 Å². The van der Waals surface area contributed by atoms with Crippen LogP contribution in [0.3, 0.4) is 0 Å². The maximum Gasteiger partial charge on any atom is 0.229 e. The van der Waals surface area contributed by atoms with Gasteiger partial charge in [0.05, 0.1) is 52.1 Å². The first-order valence-electron chi connectivity index (χ1n) is 24.2. The van der Waals surface area contributed by atoms with Gasteiger partial charge in [0.2, 0.25) is 5.95 Å². The lowest BCUT2D eigenvalue weighted by Crippen LogP contribution is -2.52. The summed E-state index contributed by atoms with van der Waals surface area (Å²) in [6.45, 7) is 13.6. The number of sulfone groups is 1. The normalized spacial score (nSPS) is 16.8. The molecule has 3 aliphatic rings. The highest BCUT2D eigenvalue weighted by Gasteiger charge is 2.28. The maximum absolute atomic E-state index is 13.9. The van der Waals surface area contributed by atoms with Crippen LogP contribution in [0.4, 0.5) is 39.0 Å². The van der Waals surface area contributed by atoms with Crippen molar-refractivity contribution in [2.75, 3.05) is 87.8 Å². The number of para-hydroxylation sites is 1. The Morgan fingerprint density at radius 3 is 2.26 bits per heavy atom. The second-order valence-electron chi connectivity index (χ2n) is 18.5. The molecular weight excluding hydrogens is 1000 g/mol. The number of anilines is 6. The van der Waals surface area contributed by atoms with Gasteiger partial charge in [0.25, 0.3) is 0 Å². The molecule has 9 rings (SSSR count). The molecule has 0 amide bonds. The Morgan fingerprint density at radius 1 is 0.806 bits per heavy atom. The third-order valence-corrected chi connectivity index (χ3v) is 16.6. The predicted octanol–water partition coefficient (Wildman–Crippen LogP) is 10.1. The highest BCUT2D eigenvalue weighted by molar-refractivity contribution is 7.92. The van der Waals surface area contributed by atoms with Gasteiger partial charge in [0, 0.05) is 91.2 Å². The Balaban J connectivity index is 0.000000204. The van der Waals surface area contributed by atoms with Crippen molar-refractivity contribution in [1.82, 2.24) is 39.8 Å². The van der Waals surface area contributed by atoms with Gasteiger partial charge in [-0.2, -0.15) is 10.1 Å². The lowest BCUT2D eigenvalue weighted by Gasteiger charge is -2.42. The molecule has 72 heavy (non-hydrogen) atoms. The molecule has 3 aliphatic heterocycles. The van der Waals surface area contributed by atoms with E-state index in [4.69, 9.17) is 50.0 Å². The van der Waals surface area contributed by atoms with E-state index in [1.807, 2.05) is 29.2 Å². The molecule has 0 saturated carbocycles. The van der Waals surface area contributed by atoms with Gasteiger partial charge in [0.15, 0.2) is 27.2 Å². The van der Waals surface area contributed by atoms with E-state index in [1.54, 1.807) is 64.4 Å². The third kappa shape index (κ3) is 12.5. The molecule has 1 atom stereocenters. The standard InChI is InChI=1S/C30H40ClN7O3S.C21H22Cl2FN5O/c1-21(2)42(39,40)28-8-6-5-7-26(28)33-29-24(31)20-32-30(35-29)34-25-10-9-23(19-27(25)41-4)37-13-11-22(12-14-37)38-17-15-36(3)16-18-38;1-12(19-16(22)2-3-17(24)20(19)23)30-18-8-13(9-27-21(18)25)14-10-28-29(11-14)15-4-6-26-7-5-15/h5-10,19-22H,11-18H2,1-4H3,(H2,32,33,34,35);2-3,8-12,15,26H,4-7H2,1H3,(H2,25,27)/t;12-/m.1/s1. The molecular formula is C51H62Cl3FN12O4S. The number of piperazine rings is 1. The molecule has 3 aromatic heterocycles. The Bertz CT molecular complexity index is 2930. The number of nitrogens with one attached hydrogen (secondary N) is 3. The summed E-state index contributed by atoms with van der Waals surface area (Å²) in [5, 5.41) is 14.1. The Labute approximate surface area is 436 Å². The fourth-order valence-corrected chi connectivity index (χ4v) is 11.1. The lowest BCUT2D eigenvalue weighted by atomic mass is 10.0. The zero-order chi connectivity index (χ0) is 51.1. The number of aromatic nitrogens is 5. The number of halogens is 4. The second-order valence-corrected chi connectivity index (χ2v) is 22.2. The number of nitrogen functional groups attached to an aromatic ring is 1. The van der Waals surface area contributed by atoms with Gasteiger partial charge >= 0.3 is 0 Å². The summed E-state index contributed by atoms with van der Waals surface area (Å²) in [6, 6.07) is 18.3. The van der Waals surface area contributed by atoms with E-state index in [0.29, 0.717) is 57.3 Å². The fourth-order valence-electron chi connectivity index (χ4n) is 9.12. The van der Waals surface area contributed by atoms with Crippen molar-refractivity contribution in [3.05, 3.63) is 112 Å². The Kier molecular flexibility index (Phi) is 17.3. The molecule has 21 heteroatoms. The molecule has 5 N–H and O–H groups in total. The summed E-state index contributed by atoms with van der Waals surface area (Å²) >= 11 is 18.7. The van der Waals surface area contributed by atoms with Crippen LogP contribution in [0.2, 0.25) is 15.1 Å². The molecule has 0 spiro atoms. The van der Waals surface area contributed by atoms with E-state index < -0.39 is 27.0 Å². The van der Waals surface area contributed by atoms with E-state index in [1.165, 1.54) is 18.3 Å². The molecule has 3 aromatic carbocycles. The van der Waals surface area contributed by atoms with Crippen LogP contribution in [0.5, 0.6) is 11.5 Å². The van der Waals surface area contributed by atoms with Gasteiger partial charge in [-0.3, -0.25) is 9.58 Å². The largest absolute Gasteiger partial charge is 0.494 e. The van der Waals surface area contributed by atoms with Crippen molar-refractivity contribution in [3.8, 4) is 22.6 Å². The van der Waals surface area contributed by atoms with E-state index in [9.17, 15) is 12.8 Å². The van der Waals surface area contributed by atoms with Gasteiger partial charge in [-0.05, 0) is 109 Å². The van der Waals surface area contributed by atoms with Gasteiger partial charge in [-0.1, -0.05) is 46.9 Å². The zero-order valence-electron chi connectivity index (χ0n) is 41.1. The first kappa shape index (κ1) is 52.8. The minimum Gasteiger partial charge on any atom is -0.494 e. The van der Waals surface area contributed by atoms with Crippen molar-refractivity contribution in [2.24, 2.45) is 0 Å². The van der Waals surface area contributed by atoms with Crippen molar-refractivity contribution in [1.29, 1.82) is 0 Å². The summed E-state index contributed by atoms with van der Waals surface area (Å²) < 4.78 is 53.4. The monoisotopic (exact) mass is 1060 g/mol. The Hall–Kier alpha value is -5.47. The lowest BCUT2D eigenvalue weighted by molar-refractivity contribution is 0.0982. The molecule has 0 radical (unpaired) electrons. The van der Waals surface area contributed by atoms with Crippen LogP contribution in [0.1, 0.15) is 64.2 Å². The average Bonchev–Trinajstić information content (AvgIpc) is 3.89. The summed E-state index contributed by atoms with van der Waals surface area (Å²) in [7, 11) is 0.320. The van der Waals surface area contributed by atoms with Gasteiger partial charge in [0.1, 0.15) is 22.7 Å². The van der Waals surface area contributed by atoms with Crippen LogP contribution in [-0.4, -0.2) is 121 Å². The number of nitrogens with zero attached hydrogens (tertiary/aromatic N) is 8. The number of piperidine rings is 2.